The molecule has 24 heavy (non-hydrogen) atoms. The van der Waals surface area contributed by atoms with Crippen LogP contribution in [0.25, 0.3) is 5.69 Å². The molecule has 0 saturated heterocycles. The number of amides is 1. The summed E-state index contributed by atoms with van der Waals surface area (Å²) in [5.41, 5.74) is 5.88. The number of para-hydroxylation sites is 1. The van der Waals surface area contributed by atoms with Gasteiger partial charge in [-0.15, -0.1) is 0 Å². The number of aryl methyl sites for hydroxylation is 2. The molecule has 0 saturated carbocycles. The summed E-state index contributed by atoms with van der Waals surface area (Å²) in [6.45, 7) is 3.86. The molecule has 0 fully saturated rings. The summed E-state index contributed by atoms with van der Waals surface area (Å²) in [5.74, 6) is -0.788. The van der Waals surface area contributed by atoms with Crippen LogP contribution < -0.4 is 5.43 Å². The summed E-state index contributed by atoms with van der Waals surface area (Å²) in [4.78, 5) is 15.3. The summed E-state index contributed by atoms with van der Waals surface area (Å²) in [6.07, 6.45) is 2.93. The fourth-order valence-electron chi connectivity index (χ4n) is 2.33. The van der Waals surface area contributed by atoms with Crippen LogP contribution in [-0.2, 0) is 0 Å². The lowest BCUT2D eigenvalue weighted by molar-refractivity contribution is 0.0947. The summed E-state index contributed by atoms with van der Waals surface area (Å²) >= 11 is 0. The van der Waals surface area contributed by atoms with Crippen LogP contribution in [0.3, 0.4) is 0 Å². The van der Waals surface area contributed by atoms with Gasteiger partial charge in [-0.05, 0) is 32.0 Å². The van der Waals surface area contributed by atoms with E-state index in [2.05, 4.69) is 20.6 Å². The van der Waals surface area contributed by atoms with E-state index in [0.29, 0.717) is 0 Å². The molecule has 0 aliphatic rings. The lowest BCUT2D eigenvalue weighted by atomic mass is 10.3. The molecule has 7 nitrogen and oxygen atoms in total. The van der Waals surface area contributed by atoms with Crippen molar-refractivity contribution in [2.24, 2.45) is 5.10 Å². The highest BCUT2D eigenvalue weighted by atomic mass is 16.3. The molecule has 0 aliphatic carbocycles. The minimum atomic E-state index is -0.580. The van der Waals surface area contributed by atoms with Crippen molar-refractivity contribution in [2.75, 3.05) is 0 Å². The Morgan fingerprint density at radius 3 is 2.75 bits per heavy atom. The van der Waals surface area contributed by atoms with Gasteiger partial charge >= 0.3 is 0 Å². The van der Waals surface area contributed by atoms with Crippen molar-refractivity contribution in [1.82, 2.24) is 20.2 Å². The second kappa shape index (κ2) is 6.41. The molecule has 2 heterocycles. The Morgan fingerprint density at radius 1 is 1.33 bits per heavy atom. The number of rotatable bonds is 4. The van der Waals surface area contributed by atoms with Crippen LogP contribution in [0.4, 0.5) is 0 Å². The first-order valence-electron chi connectivity index (χ1n) is 7.38. The average molecular weight is 323 g/mol. The molecule has 3 aromatic rings. The molecule has 0 unspecified atom stereocenters. The number of nitrogens with zero attached hydrogens (tertiary/aromatic N) is 3. The number of benzene rings is 1. The Bertz CT molecular complexity index is 893. The van der Waals surface area contributed by atoms with E-state index in [4.69, 9.17) is 0 Å². The highest BCUT2D eigenvalue weighted by Crippen LogP contribution is 2.17. The monoisotopic (exact) mass is 323 g/mol. The maximum Gasteiger partial charge on any atom is 0.295 e. The third kappa shape index (κ3) is 3.19. The molecule has 1 aromatic carbocycles. The van der Waals surface area contributed by atoms with Gasteiger partial charge in [0.15, 0.2) is 11.4 Å². The first-order valence-corrected chi connectivity index (χ1v) is 7.38. The summed E-state index contributed by atoms with van der Waals surface area (Å²) in [5, 5.41) is 17.9. The number of aromatic amines is 1. The Kier molecular flexibility index (Phi) is 4.15. The molecule has 0 bridgehead atoms. The SMILES string of the molecule is Cc1cc(/C=N/NC(=O)c2nn(-c3ccccc3)cc2O)c(C)[nH]1. The second-order valence-corrected chi connectivity index (χ2v) is 5.37. The van der Waals surface area contributed by atoms with Gasteiger partial charge in [-0.2, -0.15) is 10.2 Å². The van der Waals surface area contributed by atoms with Crippen molar-refractivity contribution in [2.45, 2.75) is 13.8 Å². The number of aromatic nitrogens is 3. The van der Waals surface area contributed by atoms with E-state index >= 15 is 0 Å². The number of hydrogen-bond donors (Lipinski definition) is 3. The summed E-state index contributed by atoms with van der Waals surface area (Å²) in [7, 11) is 0. The number of carbonyl (C=O) groups excluding carboxylic acids is 1. The predicted molar refractivity (Wildman–Crippen MR) is 90.6 cm³/mol. The van der Waals surface area contributed by atoms with Crippen LogP contribution in [-0.4, -0.2) is 32.0 Å². The first-order chi connectivity index (χ1) is 11.5. The normalized spacial score (nSPS) is 11.1. The van der Waals surface area contributed by atoms with Gasteiger partial charge in [0, 0.05) is 17.0 Å². The molecule has 7 heteroatoms. The average Bonchev–Trinajstić information content (AvgIpc) is 3.10. The zero-order valence-corrected chi connectivity index (χ0v) is 13.3. The third-order valence-electron chi connectivity index (χ3n) is 3.49. The highest BCUT2D eigenvalue weighted by molar-refractivity contribution is 5.95. The first kappa shape index (κ1) is 15.5. The molecule has 0 atom stereocenters. The number of nitrogens with one attached hydrogen (secondary N) is 2. The molecule has 2 aromatic heterocycles. The third-order valence-corrected chi connectivity index (χ3v) is 3.49. The molecular formula is C17H17N5O2. The van der Waals surface area contributed by atoms with Crippen LogP contribution in [0.2, 0.25) is 0 Å². The van der Waals surface area contributed by atoms with E-state index < -0.39 is 5.91 Å². The van der Waals surface area contributed by atoms with Gasteiger partial charge in [0.05, 0.1) is 18.1 Å². The Hall–Kier alpha value is -3.35. The molecular weight excluding hydrogens is 306 g/mol. The van der Waals surface area contributed by atoms with E-state index in [1.807, 2.05) is 50.2 Å². The number of carbonyl (C=O) groups is 1. The van der Waals surface area contributed by atoms with Gasteiger partial charge < -0.3 is 10.1 Å². The number of H-pyrrole nitrogens is 1. The second-order valence-electron chi connectivity index (χ2n) is 5.37. The van der Waals surface area contributed by atoms with Crippen molar-refractivity contribution in [3.8, 4) is 11.4 Å². The van der Waals surface area contributed by atoms with Gasteiger partial charge in [0.25, 0.3) is 5.91 Å². The van der Waals surface area contributed by atoms with E-state index in [9.17, 15) is 9.90 Å². The van der Waals surface area contributed by atoms with Crippen LogP contribution in [0.1, 0.15) is 27.4 Å². The Balaban J connectivity index is 1.74. The molecule has 0 radical (unpaired) electrons. The van der Waals surface area contributed by atoms with Gasteiger partial charge in [-0.1, -0.05) is 18.2 Å². The maximum absolute atomic E-state index is 12.1. The van der Waals surface area contributed by atoms with Crippen molar-refractivity contribution in [1.29, 1.82) is 0 Å². The predicted octanol–water partition coefficient (Wildman–Crippen LogP) is 2.29. The van der Waals surface area contributed by atoms with Crippen LogP contribution in [0.5, 0.6) is 5.75 Å². The van der Waals surface area contributed by atoms with Gasteiger partial charge in [-0.25, -0.2) is 10.1 Å². The van der Waals surface area contributed by atoms with Gasteiger partial charge in [-0.3, -0.25) is 4.79 Å². The molecule has 0 aliphatic heterocycles. The number of hydrazone groups is 1. The van der Waals surface area contributed by atoms with E-state index in [0.717, 1.165) is 22.6 Å². The fraction of sp³-hybridized carbons (Fsp3) is 0.118. The molecule has 122 valence electrons. The van der Waals surface area contributed by atoms with E-state index in [1.54, 1.807) is 6.21 Å². The maximum atomic E-state index is 12.1. The van der Waals surface area contributed by atoms with Crippen LogP contribution >= 0.6 is 0 Å². The Morgan fingerprint density at radius 2 is 2.08 bits per heavy atom. The standard InChI is InChI=1S/C17H17N5O2/c1-11-8-13(12(2)19-11)9-18-20-17(24)16-15(23)10-22(21-16)14-6-4-3-5-7-14/h3-10,19,23H,1-2H3,(H,20,24)/b18-9+. The lowest BCUT2D eigenvalue weighted by Crippen LogP contribution is -2.18. The number of hydrogen-bond acceptors (Lipinski definition) is 4. The van der Waals surface area contributed by atoms with Crippen molar-refractivity contribution < 1.29 is 9.90 Å². The van der Waals surface area contributed by atoms with E-state index in [1.165, 1.54) is 10.9 Å². The molecule has 0 spiro atoms. The molecule has 3 rings (SSSR count). The lowest BCUT2D eigenvalue weighted by Gasteiger charge is -1.99. The van der Waals surface area contributed by atoms with Gasteiger partial charge in [0.1, 0.15) is 0 Å². The largest absolute Gasteiger partial charge is 0.504 e. The minimum Gasteiger partial charge on any atom is -0.504 e. The van der Waals surface area contributed by atoms with Crippen molar-refractivity contribution in [3.63, 3.8) is 0 Å². The topological polar surface area (TPSA) is 95.3 Å². The summed E-state index contributed by atoms with van der Waals surface area (Å²) in [6, 6.07) is 11.1. The van der Waals surface area contributed by atoms with Crippen molar-refractivity contribution >= 4 is 12.1 Å². The minimum absolute atomic E-state index is 0.0852. The zero-order valence-electron chi connectivity index (χ0n) is 13.3. The van der Waals surface area contributed by atoms with Crippen molar-refractivity contribution in [3.05, 3.63) is 65.2 Å². The fourth-order valence-corrected chi connectivity index (χ4v) is 2.33. The highest BCUT2D eigenvalue weighted by Gasteiger charge is 2.16. The van der Waals surface area contributed by atoms with Crippen LogP contribution in [0, 0.1) is 13.8 Å². The van der Waals surface area contributed by atoms with Gasteiger partial charge in [0.2, 0.25) is 0 Å². The quantitative estimate of drug-likeness (QED) is 0.508. The number of aromatic hydroxyl groups is 1. The summed E-state index contributed by atoms with van der Waals surface area (Å²) < 4.78 is 1.44. The molecule has 1 amide bonds. The zero-order chi connectivity index (χ0) is 17.1. The van der Waals surface area contributed by atoms with Crippen LogP contribution in [0.15, 0.2) is 47.7 Å². The van der Waals surface area contributed by atoms with E-state index in [-0.39, 0.29) is 11.4 Å². The Labute approximate surface area is 138 Å². The molecule has 3 N–H and O–H groups in total. The smallest absolute Gasteiger partial charge is 0.295 e.